The summed E-state index contributed by atoms with van der Waals surface area (Å²) in [5.74, 6) is -0.768. The van der Waals surface area contributed by atoms with Crippen molar-refractivity contribution >= 4 is 32.2 Å². The summed E-state index contributed by atoms with van der Waals surface area (Å²) in [6.07, 6.45) is -3.57. The van der Waals surface area contributed by atoms with E-state index in [4.69, 9.17) is 5.73 Å². The normalized spacial score (nSPS) is 11.9. The molecule has 39 heavy (non-hydrogen) atoms. The van der Waals surface area contributed by atoms with Gasteiger partial charge in [-0.05, 0) is 55.8 Å². The van der Waals surface area contributed by atoms with E-state index in [1.165, 1.54) is 53.8 Å². The minimum absolute atomic E-state index is 0.0300. The number of nitrogens with two attached hydrogens (primary N) is 1. The molecule has 4 aromatic rings. The highest BCUT2D eigenvalue weighted by atomic mass is 32.2. The molecule has 0 aliphatic heterocycles. The third-order valence-corrected chi connectivity index (χ3v) is 7.92. The number of hydrogen-bond acceptors (Lipinski definition) is 7. The molecule has 2 aromatic heterocycles. The van der Waals surface area contributed by atoms with Gasteiger partial charge in [0.2, 0.25) is 0 Å². The number of nitrogens with one attached hydrogen (secondary N) is 1. The van der Waals surface area contributed by atoms with Crippen molar-refractivity contribution in [1.29, 1.82) is 0 Å². The number of sulfone groups is 1. The molecule has 13 heteroatoms. The van der Waals surface area contributed by atoms with E-state index in [2.05, 4.69) is 10.3 Å². The van der Waals surface area contributed by atoms with Gasteiger partial charge in [0, 0.05) is 34.6 Å². The van der Waals surface area contributed by atoms with Crippen LogP contribution in [-0.4, -0.2) is 30.1 Å². The number of alkyl halides is 3. The Morgan fingerprint density at radius 3 is 2.33 bits per heavy atom. The number of amides is 1. The van der Waals surface area contributed by atoms with Gasteiger partial charge in [0.25, 0.3) is 11.5 Å². The van der Waals surface area contributed by atoms with E-state index in [9.17, 15) is 31.2 Å². The topological polar surface area (TPSA) is 124 Å². The fourth-order valence-corrected chi connectivity index (χ4v) is 5.37. The Balaban J connectivity index is 1.81. The Morgan fingerprint density at radius 1 is 1.10 bits per heavy atom. The predicted octanol–water partition coefficient (Wildman–Crippen LogP) is 4.51. The van der Waals surface area contributed by atoms with Crippen LogP contribution < -0.4 is 16.6 Å². The fraction of sp³-hybridized carbons (Fsp3) is 0.192. The molecule has 1 amide bonds. The van der Waals surface area contributed by atoms with Crippen LogP contribution in [0.15, 0.2) is 64.3 Å². The predicted molar refractivity (Wildman–Crippen MR) is 143 cm³/mol. The van der Waals surface area contributed by atoms with Gasteiger partial charge in [0.1, 0.15) is 5.56 Å². The number of carbonyl (C=O) groups excluding carboxylic acids is 1. The number of pyridine rings is 1. The molecule has 204 valence electrons. The molecular weight excluding hydrogens is 553 g/mol. The van der Waals surface area contributed by atoms with Gasteiger partial charge in [0.15, 0.2) is 15.0 Å². The maximum absolute atomic E-state index is 13.5. The summed E-state index contributed by atoms with van der Waals surface area (Å²) in [5.41, 5.74) is 5.32. The number of nitrogen functional groups attached to an aromatic ring is 1. The van der Waals surface area contributed by atoms with Crippen molar-refractivity contribution in [2.45, 2.75) is 31.5 Å². The lowest BCUT2D eigenvalue weighted by Crippen LogP contribution is -2.33. The van der Waals surface area contributed by atoms with E-state index >= 15 is 0 Å². The molecule has 4 rings (SSSR count). The van der Waals surface area contributed by atoms with Crippen molar-refractivity contribution in [2.24, 2.45) is 0 Å². The average Bonchev–Trinajstić information content (AvgIpc) is 3.19. The molecule has 0 bridgehead atoms. The van der Waals surface area contributed by atoms with Gasteiger partial charge in [-0.15, -0.1) is 11.3 Å². The average molecular weight is 577 g/mol. The number of anilines is 1. The Hall–Kier alpha value is -3.97. The van der Waals surface area contributed by atoms with Crippen LogP contribution in [-0.2, 0) is 22.6 Å². The molecule has 0 unspecified atom stereocenters. The molecule has 0 aliphatic rings. The Bertz CT molecular complexity index is 1740. The van der Waals surface area contributed by atoms with Crippen molar-refractivity contribution in [3.05, 3.63) is 92.2 Å². The van der Waals surface area contributed by atoms with E-state index in [0.717, 1.165) is 23.0 Å². The number of thiazole rings is 1. The van der Waals surface area contributed by atoms with Gasteiger partial charge >= 0.3 is 6.18 Å². The van der Waals surface area contributed by atoms with Gasteiger partial charge in [-0.1, -0.05) is 18.2 Å². The molecule has 0 saturated carbocycles. The Kier molecular flexibility index (Phi) is 7.41. The van der Waals surface area contributed by atoms with Crippen molar-refractivity contribution in [3.8, 4) is 16.9 Å². The molecule has 0 saturated heterocycles. The Morgan fingerprint density at radius 2 is 1.77 bits per heavy atom. The number of carbonyl (C=O) groups is 1. The van der Waals surface area contributed by atoms with Crippen molar-refractivity contribution in [2.75, 3.05) is 12.0 Å². The van der Waals surface area contributed by atoms with Crippen LogP contribution in [0.25, 0.3) is 16.9 Å². The first-order chi connectivity index (χ1) is 18.2. The highest BCUT2D eigenvalue weighted by Gasteiger charge is 2.31. The van der Waals surface area contributed by atoms with Gasteiger partial charge in [-0.3, -0.25) is 14.2 Å². The first kappa shape index (κ1) is 28.0. The smallest absolute Gasteiger partial charge is 0.375 e. The molecule has 2 aromatic carbocycles. The summed E-state index contributed by atoms with van der Waals surface area (Å²) in [6, 6.07) is 11.5. The maximum Gasteiger partial charge on any atom is 0.416 e. The van der Waals surface area contributed by atoms with Gasteiger partial charge < -0.3 is 11.1 Å². The number of nitrogens with zero attached hydrogens (tertiary/aromatic N) is 2. The van der Waals surface area contributed by atoms with Crippen LogP contribution in [0.1, 0.15) is 32.1 Å². The lowest BCUT2D eigenvalue weighted by molar-refractivity contribution is -0.137. The zero-order valence-electron chi connectivity index (χ0n) is 21.0. The third kappa shape index (κ3) is 5.88. The number of benzene rings is 2. The minimum atomic E-state index is -4.64. The summed E-state index contributed by atoms with van der Waals surface area (Å²) in [5, 5.41) is 2.87. The van der Waals surface area contributed by atoms with Crippen LogP contribution in [0.3, 0.4) is 0 Å². The summed E-state index contributed by atoms with van der Waals surface area (Å²) < 4.78 is 64.7. The standard InChI is InChI=1S/C26H23F3N4O4S2/c1-14-20(22-15(2)38-25(30)32-22)12-21(23(34)31-13-16-7-9-19(10-8-16)39(3,36)37)24(35)33(14)18-6-4-5-17(11-18)26(27,28)29/h4-12H,13H2,1-3H3,(H2,30,32)(H,31,34). The first-order valence-corrected chi connectivity index (χ1v) is 14.1. The van der Waals surface area contributed by atoms with Crippen molar-refractivity contribution in [1.82, 2.24) is 14.9 Å². The van der Waals surface area contributed by atoms with Crippen LogP contribution in [0.5, 0.6) is 0 Å². The number of hydrogen-bond donors (Lipinski definition) is 2. The lowest BCUT2D eigenvalue weighted by atomic mass is 10.0. The zero-order valence-corrected chi connectivity index (χ0v) is 22.6. The van der Waals surface area contributed by atoms with Gasteiger partial charge in [0.05, 0.1) is 16.2 Å². The van der Waals surface area contributed by atoms with E-state index in [1.807, 2.05) is 0 Å². The molecule has 0 fully saturated rings. The summed E-state index contributed by atoms with van der Waals surface area (Å²) in [6.45, 7) is 3.27. The van der Waals surface area contributed by atoms with E-state index in [1.54, 1.807) is 13.8 Å². The summed E-state index contributed by atoms with van der Waals surface area (Å²) in [7, 11) is -3.40. The highest BCUT2D eigenvalue weighted by Crippen LogP contribution is 2.33. The van der Waals surface area contributed by atoms with E-state index in [-0.39, 0.29) is 33.5 Å². The number of aryl methyl sites for hydroxylation is 1. The third-order valence-electron chi connectivity index (χ3n) is 6.00. The van der Waals surface area contributed by atoms with Crippen LogP contribution in [0.2, 0.25) is 0 Å². The SMILES string of the molecule is Cc1sc(N)nc1-c1cc(C(=O)NCc2ccc(S(C)(=O)=O)cc2)c(=O)n(-c2cccc(C(F)(F)F)c2)c1C. The summed E-state index contributed by atoms with van der Waals surface area (Å²) >= 11 is 1.20. The highest BCUT2D eigenvalue weighted by molar-refractivity contribution is 7.90. The van der Waals surface area contributed by atoms with Crippen LogP contribution >= 0.6 is 11.3 Å². The molecule has 0 radical (unpaired) electrons. The summed E-state index contributed by atoms with van der Waals surface area (Å²) in [4.78, 5) is 31.9. The molecule has 3 N–H and O–H groups in total. The minimum Gasteiger partial charge on any atom is -0.375 e. The molecular formula is C26H23F3N4O4S2. The lowest BCUT2D eigenvalue weighted by Gasteiger charge is -2.17. The quantitative estimate of drug-likeness (QED) is 0.348. The molecule has 0 spiro atoms. The van der Waals surface area contributed by atoms with Gasteiger partial charge in [-0.2, -0.15) is 13.2 Å². The van der Waals surface area contributed by atoms with Gasteiger partial charge in [-0.25, -0.2) is 13.4 Å². The monoisotopic (exact) mass is 576 g/mol. The number of halogens is 3. The zero-order chi connectivity index (χ0) is 28.7. The first-order valence-electron chi connectivity index (χ1n) is 11.4. The molecule has 2 heterocycles. The van der Waals surface area contributed by atoms with E-state index < -0.39 is 33.0 Å². The number of aromatic nitrogens is 2. The number of rotatable bonds is 6. The van der Waals surface area contributed by atoms with Crippen LogP contribution in [0, 0.1) is 13.8 Å². The largest absolute Gasteiger partial charge is 0.416 e. The second kappa shape index (κ2) is 10.3. The fourth-order valence-electron chi connectivity index (χ4n) is 4.04. The molecule has 0 aliphatic carbocycles. The molecule has 8 nitrogen and oxygen atoms in total. The Labute approximate surface area is 225 Å². The van der Waals surface area contributed by atoms with Crippen molar-refractivity contribution in [3.63, 3.8) is 0 Å². The van der Waals surface area contributed by atoms with E-state index in [0.29, 0.717) is 21.7 Å². The second-order valence-electron chi connectivity index (χ2n) is 8.80. The van der Waals surface area contributed by atoms with Crippen molar-refractivity contribution < 1.29 is 26.4 Å². The molecule has 0 atom stereocenters. The maximum atomic E-state index is 13.5. The second-order valence-corrected chi connectivity index (χ2v) is 12.1. The van der Waals surface area contributed by atoms with Crippen LogP contribution in [0.4, 0.5) is 18.3 Å².